The second-order valence-corrected chi connectivity index (χ2v) is 6.67. The standard InChI is InChI=1S/C20H23NO3/c1-2-3-9-19(22)16-12-17-10-11-18(13-16)21(17)20(23)24-14-15-7-5-4-6-8-15/h1,4-8,16-18H,3,9-14H2. The van der Waals surface area contributed by atoms with Crippen LogP contribution >= 0.6 is 0 Å². The van der Waals surface area contributed by atoms with Crippen LogP contribution < -0.4 is 0 Å². The Kier molecular flexibility index (Phi) is 5.20. The van der Waals surface area contributed by atoms with E-state index < -0.39 is 0 Å². The molecule has 2 fully saturated rings. The van der Waals surface area contributed by atoms with Gasteiger partial charge in [-0.1, -0.05) is 30.3 Å². The Balaban J connectivity index is 1.56. The van der Waals surface area contributed by atoms with E-state index in [1.807, 2.05) is 35.2 Å². The van der Waals surface area contributed by atoms with Crippen LogP contribution in [0.3, 0.4) is 0 Å². The van der Waals surface area contributed by atoms with Crippen LogP contribution in [0.2, 0.25) is 0 Å². The normalized spacial score (nSPS) is 25.1. The second-order valence-electron chi connectivity index (χ2n) is 6.67. The average Bonchev–Trinajstić information content (AvgIpc) is 2.88. The topological polar surface area (TPSA) is 46.6 Å². The Hall–Kier alpha value is -2.28. The molecule has 2 heterocycles. The van der Waals surface area contributed by atoms with Crippen molar-refractivity contribution < 1.29 is 14.3 Å². The van der Waals surface area contributed by atoms with Crippen LogP contribution in [0.15, 0.2) is 30.3 Å². The summed E-state index contributed by atoms with van der Waals surface area (Å²) in [7, 11) is 0. The van der Waals surface area contributed by atoms with Gasteiger partial charge in [0.05, 0.1) is 0 Å². The SMILES string of the molecule is C#CCCC(=O)C1CC2CCC(C1)N2C(=O)OCc1ccccc1. The number of terminal acetylenes is 1. The molecule has 0 spiro atoms. The first-order chi connectivity index (χ1) is 11.7. The molecule has 0 saturated carbocycles. The van der Waals surface area contributed by atoms with Gasteiger partial charge in [0.2, 0.25) is 0 Å². The van der Waals surface area contributed by atoms with E-state index in [0.29, 0.717) is 19.4 Å². The zero-order valence-corrected chi connectivity index (χ0v) is 13.8. The highest BCUT2D eigenvalue weighted by molar-refractivity contribution is 5.82. The number of hydrogen-bond acceptors (Lipinski definition) is 3. The summed E-state index contributed by atoms with van der Waals surface area (Å²) in [5, 5.41) is 0. The van der Waals surface area contributed by atoms with Crippen LogP contribution in [0, 0.1) is 18.3 Å². The number of amides is 1. The first-order valence-electron chi connectivity index (χ1n) is 8.64. The minimum absolute atomic E-state index is 0.0500. The molecule has 0 N–H and O–H groups in total. The fourth-order valence-electron chi connectivity index (χ4n) is 3.93. The van der Waals surface area contributed by atoms with Gasteiger partial charge in [-0.25, -0.2) is 4.79 Å². The number of Topliss-reactive ketones (excluding diaryl/α,β-unsaturated/α-hetero) is 1. The van der Waals surface area contributed by atoms with Crippen LogP contribution in [0.5, 0.6) is 0 Å². The van der Waals surface area contributed by atoms with Gasteiger partial charge in [-0.2, -0.15) is 0 Å². The summed E-state index contributed by atoms with van der Waals surface area (Å²) in [4.78, 5) is 26.6. The van der Waals surface area contributed by atoms with Crippen LogP contribution in [-0.2, 0) is 16.1 Å². The van der Waals surface area contributed by atoms with E-state index >= 15 is 0 Å². The van der Waals surface area contributed by atoms with Crippen molar-refractivity contribution in [2.45, 2.75) is 57.2 Å². The molecule has 0 radical (unpaired) electrons. The largest absolute Gasteiger partial charge is 0.445 e. The lowest BCUT2D eigenvalue weighted by Crippen LogP contribution is -2.48. The maximum absolute atomic E-state index is 12.5. The molecule has 2 atom stereocenters. The molecule has 2 aliphatic heterocycles. The van der Waals surface area contributed by atoms with Crippen molar-refractivity contribution in [3.63, 3.8) is 0 Å². The maximum Gasteiger partial charge on any atom is 0.410 e. The van der Waals surface area contributed by atoms with Crippen LogP contribution in [0.4, 0.5) is 4.79 Å². The van der Waals surface area contributed by atoms with Gasteiger partial charge < -0.3 is 9.64 Å². The molecule has 1 amide bonds. The van der Waals surface area contributed by atoms with E-state index in [2.05, 4.69) is 5.92 Å². The van der Waals surface area contributed by atoms with Gasteiger partial charge in [0.25, 0.3) is 0 Å². The van der Waals surface area contributed by atoms with Crippen molar-refractivity contribution in [1.29, 1.82) is 0 Å². The molecule has 2 bridgehead atoms. The molecule has 24 heavy (non-hydrogen) atoms. The molecule has 4 heteroatoms. The highest BCUT2D eigenvalue weighted by Gasteiger charge is 2.45. The van der Waals surface area contributed by atoms with E-state index in [4.69, 9.17) is 11.2 Å². The van der Waals surface area contributed by atoms with Crippen molar-refractivity contribution in [2.75, 3.05) is 0 Å². The number of hydrogen-bond donors (Lipinski definition) is 0. The minimum Gasteiger partial charge on any atom is -0.445 e. The maximum atomic E-state index is 12.5. The summed E-state index contributed by atoms with van der Waals surface area (Å²) in [6, 6.07) is 9.95. The number of nitrogens with zero attached hydrogens (tertiary/aromatic N) is 1. The van der Waals surface area contributed by atoms with Gasteiger partial charge in [0.1, 0.15) is 12.4 Å². The number of ether oxygens (including phenoxy) is 1. The molecule has 3 rings (SSSR count). The van der Waals surface area contributed by atoms with Gasteiger partial charge in [-0.3, -0.25) is 4.79 Å². The molecule has 0 aliphatic carbocycles. The lowest BCUT2D eigenvalue weighted by molar-refractivity contribution is -0.125. The molecule has 2 saturated heterocycles. The van der Waals surface area contributed by atoms with E-state index in [1.54, 1.807) is 0 Å². The van der Waals surface area contributed by atoms with Crippen molar-refractivity contribution in [3.05, 3.63) is 35.9 Å². The fraction of sp³-hybridized carbons (Fsp3) is 0.500. The second kappa shape index (κ2) is 7.53. The van der Waals surface area contributed by atoms with Crippen molar-refractivity contribution in [3.8, 4) is 12.3 Å². The number of piperidine rings is 1. The Morgan fingerprint density at radius 2 is 1.83 bits per heavy atom. The first-order valence-corrected chi connectivity index (χ1v) is 8.64. The molecule has 2 aliphatic rings. The van der Waals surface area contributed by atoms with Crippen LogP contribution in [-0.4, -0.2) is 28.9 Å². The summed E-state index contributed by atoms with van der Waals surface area (Å²) in [6.45, 7) is 0.292. The Morgan fingerprint density at radius 3 is 2.46 bits per heavy atom. The molecule has 2 unspecified atom stereocenters. The molecule has 1 aromatic carbocycles. The summed E-state index contributed by atoms with van der Waals surface area (Å²) >= 11 is 0. The third-order valence-electron chi connectivity index (χ3n) is 5.12. The molecular weight excluding hydrogens is 302 g/mol. The molecule has 126 valence electrons. The van der Waals surface area contributed by atoms with E-state index in [0.717, 1.165) is 31.2 Å². The monoisotopic (exact) mass is 325 g/mol. The molecular formula is C20H23NO3. The molecule has 1 aromatic rings. The predicted octanol–water partition coefficient (Wildman–Crippen LogP) is 3.55. The highest BCUT2D eigenvalue weighted by atomic mass is 16.6. The lowest BCUT2D eigenvalue weighted by Gasteiger charge is -2.37. The van der Waals surface area contributed by atoms with E-state index in [-0.39, 0.29) is 29.9 Å². The van der Waals surface area contributed by atoms with E-state index in [1.165, 1.54) is 0 Å². The zero-order chi connectivity index (χ0) is 16.9. The van der Waals surface area contributed by atoms with E-state index in [9.17, 15) is 9.59 Å². The summed E-state index contributed by atoms with van der Waals surface area (Å²) in [5.41, 5.74) is 0.984. The molecule has 4 nitrogen and oxygen atoms in total. The van der Waals surface area contributed by atoms with Gasteiger partial charge in [0.15, 0.2) is 0 Å². The number of carbonyl (C=O) groups is 2. The van der Waals surface area contributed by atoms with Crippen molar-refractivity contribution in [1.82, 2.24) is 4.90 Å². The van der Waals surface area contributed by atoms with Gasteiger partial charge >= 0.3 is 6.09 Å². The Morgan fingerprint density at radius 1 is 1.17 bits per heavy atom. The fourth-order valence-corrected chi connectivity index (χ4v) is 3.93. The van der Waals surface area contributed by atoms with Crippen LogP contribution in [0.1, 0.15) is 44.1 Å². The summed E-state index contributed by atoms with van der Waals surface area (Å²) in [6.07, 6.45) is 9.39. The number of carbonyl (C=O) groups excluding carboxylic acids is 2. The zero-order valence-electron chi connectivity index (χ0n) is 13.8. The van der Waals surface area contributed by atoms with Crippen molar-refractivity contribution >= 4 is 11.9 Å². The Bertz CT molecular complexity index is 620. The third kappa shape index (κ3) is 3.62. The lowest BCUT2D eigenvalue weighted by atomic mass is 9.86. The number of benzene rings is 1. The summed E-state index contributed by atoms with van der Waals surface area (Å²) < 4.78 is 5.48. The Labute approximate surface area is 143 Å². The average molecular weight is 325 g/mol. The highest BCUT2D eigenvalue weighted by Crippen LogP contribution is 2.39. The van der Waals surface area contributed by atoms with Gasteiger partial charge in [0, 0.05) is 30.8 Å². The minimum atomic E-state index is -0.249. The quantitative estimate of drug-likeness (QED) is 0.778. The first kappa shape index (κ1) is 16.6. The smallest absolute Gasteiger partial charge is 0.410 e. The van der Waals surface area contributed by atoms with Crippen LogP contribution in [0.25, 0.3) is 0 Å². The summed E-state index contributed by atoms with van der Waals surface area (Å²) in [5.74, 6) is 2.83. The van der Waals surface area contributed by atoms with Gasteiger partial charge in [-0.05, 0) is 31.2 Å². The number of fused-ring (bicyclic) bond motifs is 2. The predicted molar refractivity (Wildman–Crippen MR) is 91.1 cm³/mol. The number of ketones is 1. The number of rotatable bonds is 5. The van der Waals surface area contributed by atoms with Gasteiger partial charge in [-0.15, -0.1) is 12.3 Å². The molecule has 0 aromatic heterocycles. The van der Waals surface area contributed by atoms with Crippen molar-refractivity contribution in [2.24, 2.45) is 5.92 Å². The third-order valence-corrected chi connectivity index (χ3v) is 5.12.